The molecule has 1 rings (SSSR count). The summed E-state index contributed by atoms with van der Waals surface area (Å²) < 4.78 is 5.11. The van der Waals surface area contributed by atoms with Crippen LogP contribution in [0.25, 0.3) is 0 Å². The van der Waals surface area contributed by atoms with Gasteiger partial charge in [0.1, 0.15) is 5.75 Å². The summed E-state index contributed by atoms with van der Waals surface area (Å²) in [7, 11) is 1.59. The highest BCUT2D eigenvalue weighted by Gasteiger charge is 2.22. The first-order valence-corrected chi connectivity index (χ1v) is 5.09. The number of carboxylic acids is 1. The summed E-state index contributed by atoms with van der Waals surface area (Å²) in [6.45, 7) is 5.37. The monoisotopic (exact) mass is 220 g/mol. The van der Waals surface area contributed by atoms with E-state index in [2.05, 4.69) is 6.58 Å². The Kier molecular flexibility index (Phi) is 4.11. The smallest absolute Gasteiger partial charge is 0.307 e. The molecular formula is C13H16O3. The molecule has 0 amide bonds. The van der Waals surface area contributed by atoms with Gasteiger partial charge < -0.3 is 9.84 Å². The first-order chi connectivity index (χ1) is 7.60. The maximum Gasteiger partial charge on any atom is 0.307 e. The Hall–Kier alpha value is -1.77. The fourth-order valence-corrected chi connectivity index (χ4v) is 1.63. The average Bonchev–Trinajstić information content (AvgIpc) is 2.30. The normalized spacial score (nSPS) is 13.9. The maximum absolute atomic E-state index is 10.9. The number of allylic oxidation sites excluding steroid dienone is 1. The molecule has 0 aliphatic heterocycles. The fraction of sp³-hybridized carbons (Fsp3) is 0.308. The first kappa shape index (κ1) is 12.3. The minimum absolute atomic E-state index is 0.201. The van der Waals surface area contributed by atoms with Gasteiger partial charge in [-0.2, -0.15) is 0 Å². The summed E-state index contributed by atoms with van der Waals surface area (Å²) in [5.41, 5.74) is 0.907. The standard InChI is InChI=1S/C13H16O3/c1-4-12(9(2)13(14)15)10-6-5-7-11(8-10)16-3/h4-9,12H,1H2,2-3H3,(H,14,15)/t9-,12-/m1/s1. The fourth-order valence-electron chi connectivity index (χ4n) is 1.63. The van der Waals surface area contributed by atoms with Gasteiger partial charge in [0.2, 0.25) is 0 Å². The van der Waals surface area contributed by atoms with Crippen molar-refractivity contribution in [3.63, 3.8) is 0 Å². The highest BCUT2D eigenvalue weighted by Crippen LogP contribution is 2.28. The summed E-state index contributed by atoms with van der Waals surface area (Å²) in [6.07, 6.45) is 1.66. The molecule has 0 aliphatic rings. The van der Waals surface area contributed by atoms with Crippen LogP contribution in [0.5, 0.6) is 5.75 Å². The summed E-state index contributed by atoms with van der Waals surface area (Å²) in [4.78, 5) is 10.9. The quantitative estimate of drug-likeness (QED) is 0.776. The molecule has 0 unspecified atom stereocenters. The topological polar surface area (TPSA) is 46.5 Å². The molecule has 0 fully saturated rings. The number of rotatable bonds is 5. The Morgan fingerprint density at radius 3 is 2.75 bits per heavy atom. The van der Waals surface area contributed by atoms with Gasteiger partial charge >= 0.3 is 5.97 Å². The van der Waals surface area contributed by atoms with E-state index in [4.69, 9.17) is 9.84 Å². The predicted octanol–water partition coefficient (Wildman–Crippen LogP) is 2.69. The van der Waals surface area contributed by atoms with E-state index in [1.54, 1.807) is 20.1 Å². The molecule has 1 aromatic carbocycles. The van der Waals surface area contributed by atoms with Gasteiger partial charge in [-0.25, -0.2) is 0 Å². The van der Waals surface area contributed by atoms with Crippen molar-refractivity contribution in [2.24, 2.45) is 5.92 Å². The molecule has 86 valence electrons. The highest BCUT2D eigenvalue weighted by atomic mass is 16.5. The SMILES string of the molecule is C=C[C@@H](c1cccc(OC)c1)[C@@H](C)C(=O)O. The van der Waals surface area contributed by atoms with E-state index in [0.717, 1.165) is 11.3 Å². The second-order valence-electron chi connectivity index (χ2n) is 3.67. The number of carbonyl (C=O) groups is 1. The Labute approximate surface area is 95.4 Å². The largest absolute Gasteiger partial charge is 0.497 e. The van der Waals surface area contributed by atoms with Crippen molar-refractivity contribution < 1.29 is 14.6 Å². The molecule has 0 saturated carbocycles. The molecule has 0 spiro atoms. The molecule has 0 radical (unpaired) electrons. The number of ether oxygens (including phenoxy) is 1. The molecule has 1 aromatic rings. The Bertz CT molecular complexity index is 385. The third-order valence-electron chi connectivity index (χ3n) is 2.66. The Morgan fingerprint density at radius 1 is 1.56 bits per heavy atom. The lowest BCUT2D eigenvalue weighted by atomic mass is 9.87. The van der Waals surface area contributed by atoms with Crippen molar-refractivity contribution in [2.45, 2.75) is 12.8 Å². The van der Waals surface area contributed by atoms with Crippen LogP contribution in [-0.2, 0) is 4.79 Å². The second kappa shape index (κ2) is 5.35. The summed E-state index contributed by atoms with van der Waals surface area (Å²) in [6, 6.07) is 7.40. The van der Waals surface area contributed by atoms with E-state index in [0.29, 0.717) is 0 Å². The lowest BCUT2D eigenvalue weighted by Gasteiger charge is -2.17. The molecule has 0 bridgehead atoms. The average molecular weight is 220 g/mol. The third-order valence-corrected chi connectivity index (χ3v) is 2.66. The van der Waals surface area contributed by atoms with Crippen molar-refractivity contribution in [1.82, 2.24) is 0 Å². The van der Waals surface area contributed by atoms with E-state index < -0.39 is 11.9 Å². The van der Waals surface area contributed by atoms with Crippen molar-refractivity contribution in [1.29, 1.82) is 0 Å². The molecule has 16 heavy (non-hydrogen) atoms. The summed E-state index contributed by atoms with van der Waals surface area (Å²) in [5, 5.41) is 8.99. The van der Waals surface area contributed by atoms with Crippen molar-refractivity contribution in [3.8, 4) is 5.75 Å². The van der Waals surface area contributed by atoms with Gasteiger partial charge in [0, 0.05) is 5.92 Å². The van der Waals surface area contributed by atoms with Crippen LogP contribution in [-0.4, -0.2) is 18.2 Å². The van der Waals surface area contributed by atoms with Gasteiger partial charge in [0.15, 0.2) is 0 Å². The number of methoxy groups -OCH3 is 1. The molecular weight excluding hydrogens is 204 g/mol. The minimum atomic E-state index is -0.826. The van der Waals surface area contributed by atoms with Gasteiger partial charge in [-0.05, 0) is 17.7 Å². The molecule has 0 heterocycles. The molecule has 0 aliphatic carbocycles. The highest BCUT2D eigenvalue weighted by molar-refractivity contribution is 5.71. The van der Waals surface area contributed by atoms with Crippen LogP contribution in [0.4, 0.5) is 0 Å². The second-order valence-corrected chi connectivity index (χ2v) is 3.67. The summed E-state index contributed by atoms with van der Waals surface area (Å²) in [5.74, 6) is -0.799. The van der Waals surface area contributed by atoms with Crippen LogP contribution in [0.2, 0.25) is 0 Å². The molecule has 2 atom stereocenters. The molecule has 0 saturated heterocycles. The van der Waals surface area contributed by atoms with Gasteiger partial charge in [-0.1, -0.05) is 25.1 Å². The molecule has 3 heteroatoms. The van der Waals surface area contributed by atoms with E-state index in [-0.39, 0.29) is 5.92 Å². The number of carboxylic acid groups (broad SMARTS) is 1. The number of benzene rings is 1. The van der Waals surface area contributed by atoms with Crippen molar-refractivity contribution in [2.75, 3.05) is 7.11 Å². The van der Waals surface area contributed by atoms with E-state index in [9.17, 15) is 4.79 Å². The number of hydrogen-bond acceptors (Lipinski definition) is 2. The third kappa shape index (κ3) is 2.63. The predicted molar refractivity (Wildman–Crippen MR) is 62.7 cm³/mol. The van der Waals surface area contributed by atoms with E-state index >= 15 is 0 Å². The van der Waals surface area contributed by atoms with Crippen molar-refractivity contribution >= 4 is 5.97 Å². The van der Waals surface area contributed by atoms with Crippen LogP contribution in [0.1, 0.15) is 18.4 Å². The lowest BCUT2D eigenvalue weighted by Crippen LogP contribution is -2.17. The zero-order valence-electron chi connectivity index (χ0n) is 9.51. The zero-order valence-corrected chi connectivity index (χ0v) is 9.51. The minimum Gasteiger partial charge on any atom is -0.497 e. The first-order valence-electron chi connectivity index (χ1n) is 5.09. The zero-order chi connectivity index (χ0) is 12.1. The number of aliphatic carboxylic acids is 1. The Morgan fingerprint density at radius 2 is 2.25 bits per heavy atom. The number of hydrogen-bond donors (Lipinski definition) is 1. The summed E-state index contributed by atoms with van der Waals surface area (Å²) >= 11 is 0. The van der Waals surface area contributed by atoms with Crippen molar-refractivity contribution in [3.05, 3.63) is 42.5 Å². The Balaban J connectivity index is 3.03. The van der Waals surface area contributed by atoms with Gasteiger partial charge in [-0.3, -0.25) is 4.79 Å². The van der Waals surface area contributed by atoms with Gasteiger partial charge in [-0.15, -0.1) is 6.58 Å². The maximum atomic E-state index is 10.9. The van der Waals surface area contributed by atoms with Gasteiger partial charge in [0.05, 0.1) is 13.0 Å². The molecule has 1 N–H and O–H groups in total. The van der Waals surface area contributed by atoms with E-state index in [1.807, 2.05) is 24.3 Å². The molecule has 0 aromatic heterocycles. The van der Waals surface area contributed by atoms with Crippen LogP contribution in [0, 0.1) is 5.92 Å². The van der Waals surface area contributed by atoms with E-state index in [1.165, 1.54) is 0 Å². The van der Waals surface area contributed by atoms with Crippen LogP contribution in [0.3, 0.4) is 0 Å². The van der Waals surface area contributed by atoms with Crippen LogP contribution >= 0.6 is 0 Å². The van der Waals surface area contributed by atoms with Gasteiger partial charge in [0.25, 0.3) is 0 Å². The lowest BCUT2D eigenvalue weighted by molar-refractivity contribution is -0.141. The van der Waals surface area contributed by atoms with Crippen LogP contribution in [0.15, 0.2) is 36.9 Å². The molecule has 3 nitrogen and oxygen atoms in total. The van der Waals surface area contributed by atoms with Crippen LogP contribution < -0.4 is 4.74 Å².